The third kappa shape index (κ3) is 4.11. The fourth-order valence-corrected chi connectivity index (χ4v) is 2.61. The highest BCUT2D eigenvalue weighted by Crippen LogP contribution is 2.35. The summed E-state index contributed by atoms with van der Waals surface area (Å²) in [5, 5.41) is 12.6. The molecule has 0 fully saturated rings. The predicted molar refractivity (Wildman–Crippen MR) is 84.0 cm³/mol. The third-order valence-electron chi connectivity index (χ3n) is 3.87. The lowest BCUT2D eigenvalue weighted by atomic mass is 10.00. The molecule has 0 radical (unpaired) electrons. The third-order valence-corrected chi connectivity index (χ3v) is 3.87. The smallest absolute Gasteiger partial charge is 0.124 e. The lowest BCUT2D eigenvalue weighted by Crippen LogP contribution is -2.39. The Hall–Kier alpha value is -1.26. The molecule has 1 aromatic rings. The maximum Gasteiger partial charge on any atom is 0.124 e. The molecule has 2 rings (SSSR count). The highest BCUT2D eigenvalue weighted by Gasteiger charge is 2.23. The van der Waals surface area contributed by atoms with Crippen LogP contribution in [0.5, 0.6) is 11.5 Å². The van der Waals surface area contributed by atoms with Gasteiger partial charge in [0.1, 0.15) is 17.6 Å². The minimum Gasteiger partial charge on any atom is -0.494 e. The minimum absolute atomic E-state index is 0.106. The van der Waals surface area contributed by atoms with Gasteiger partial charge in [0.05, 0.1) is 6.61 Å². The van der Waals surface area contributed by atoms with Crippen LogP contribution < -0.4 is 14.8 Å². The van der Waals surface area contributed by atoms with E-state index in [0.29, 0.717) is 13.2 Å². The zero-order chi connectivity index (χ0) is 15.5. The van der Waals surface area contributed by atoms with Crippen molar-refractivity contribution in [3.8, 4) is 11.5 Å². The Labute approximate surface area is 127 Å². The quantitative estimate of drug-likeness (QED) is 0.811. The van der Waals surface area contributed by atoms with Crippen LogP contribution in [0.1, 0.15) is 45.2 Å². The number of aliphatic hydroxyl groups is 1. The molecule has 1 heterocycles. The van der Waals surface area contributed by atoms with E-state index in [-0.39, 0.29) is 18.2 Å². The summed E-state index contributed by atoms with van der Waals surface area (Å²) >= 11 is 0. The van der Waals surface area contributed by atoms with E-state index in [4.69, 9.17) is 14.6 Å². The summed E-state index contributed by atoms with van der Waals surface area (Å²) in [5.41, 5.74) is 2.23. The molecule has 0 saturated heterocycles. The Balaban J connectivity index is 2.16. The van der Waals surface area contributed by atoms with Crippen LogP contribution in [0.25, 0.3) is 0 Å². The highest BCUT2D eigenvalue weighted by molar-refractivity contribution is 5.48. The van der Waals surface area contributed by atoms with Crippen molar-refractivity contribution in [3.63, 3.8) is 0 Å². The molecule has 1 aliphatic heterocycles. The zero-order valence-electron chi connectivity index (χ0n) is 13.5. The second-order valence-electron chi connectivity index (χ2n) is 6.34. The van der Waals surface area contributed by atoms with Crippen LogP contribution in [0.2, 0.25) is 0 Å². The van der Waals surface area contributed by atoms with Crippen LogP contribution in [0, 0.1) is 0 Å². The topological polar surface area (TPSA) is 50.7 Å². The predicted octanol–water partition coefficient (Wildman–Crippen LogP) is 2.66. The Kier molecular flexibility index (Phi) is 5.12. The Morgan fingerprint density at radius 3 is 2.86 bits per heavy atom. The molecule has 1 aliphatic rings. The lowest BCUT2D eigenvalue weighted by molar-refractivity contribution is 0.229. The molecule has 0 spiro atoms. The van der Waals surface area contributed by atoms with Crippen LogP contribution >= 0.6 is 0 Å². The van der Waals surface area contributed by atoms with Crippen molar-refractivity contribution in [2.75, 3.05) is 13.2 Å². The van der Waals surface area contributed by atoms with E-state index in [1.165, 1.54) is 5.56 Å². The zero-order valence-corrected chi connectivity index (χ0v) is 13.5. The number of benzene rings is 1. The van der Waals surface area contributed by atoms with E-state index in [9.17, 15) is 0 Å². The van der Waals surface area contributed by atoms with Gasteiger partial charge in [0.2, 0.25) is 0 Å². The largest absolute Gasteiger partial charge is 0.494 e. The summed E-state index contributed by atoms with van der Waals surface area (Å²) < 4.78 is 11.6. The van der Waals surface area contributed by atoms with E-state index in [2.05, 4.69) is 38.2 Å². The lowest BCUT2D eigenvalue weighted by Gasteiger charge is -2.26. The molecule has 0 bridgehead atoms. The van der Waals surface area contributed by atoms with Crippen LogP contribution in [0.3, 0.4) is 0 Å². The average molecular weight is 293 g/mol. The number of fused-ring (bicyclic) bond motifs is 1. The summed E-state index contributed by atoms with van der Waals surface area (Å²) in [6.45, 7) is 9.81. The molecule has 118 valence electrons. The van der Waals surface area contributed by atoms with Gasteiger partial charge < -0.3 is 19.9 Å². The van der Waals surface area contributed by atoms with Gasteiger partial charge in [0.25, 0.3) is 0 Å². The van der Waals surface area contributed by atoms with Gasteiger partial charge in [-0.2, -0.15) is 0 Å². The molecule has 1 aromatic carbocycles. The number of hydrogen-bond donors (Lipinski definition) is 2. The second-order valence-corrected chi connectivity index (χ2v) is 6.34. The number of nitrogens with one attached hydrogen (secondary N) is 1. The van der Waals surface area contributed by atoms with Crippen LogP contribution in [0.15, 0.2) is 12.1 Å². The summed E-state index contributed by atoms with van der Waals surface area (Å²) in [5.74, 6) is 1.91. The van der Waals surface area contributed by atoms with Crippen LogP contribution in [-0.4, -0.2) is 30.0 Å². The van der Waals surface area contributed by atoms with E-state index in [0.717, 1.165) is 29.9 Å². The molecule has 1 atom stereocenters. The molecule has 2 N–H and O–H groups in total. The van der Waals surface area contributed by atoms with Gasteiger partial charge in [-0.3, -0.25) is 0 Å². The summed E-state index contributed by atoms with van der Waals surface area (Å²) in [7, 11) is 0. The Bertz CT molecular complexity index is 485. The molecule has 4 heteroatoms. The molecule has 0 aliphatic carbocycles. The maximum absolute atomic E-state index is 9.11. The van der Waals surface area contributed by atoms with Gasteiger partial charge >= 0.3 is 0 Å². The van der Waals surface area contributed by atoms with E-state index in [1.807, 2.05) is 6.92 Å². The van der Waals surface area contributed by atoms with Crippen molar-refractivity contribution < 1.29 is 14.6 Å². The molecule has 21 heavy (non-hydrogen) atoms. The van der Waals surface area contributed by atoms with E-state index >= 15 is 0 Å². The summed E-state index contributed by atoms with van der Waals surface area (Å²) in [4.78, 5) is 0. The Morgan fingerprint density at radius 2 is 2.19 bits per heavy atom. The molecule has 1 unspecified atom stereocenters. The minimum atomic E-state index is -0.106. The van der Waals surface area contributed by atoms with Crippen molar-refractivity contribution in [1.82, 2.24) is 5.32 Å². The molecular weight excluding hydrogens is 266 g/mol. The number of hydrogen-bond acceptors (Lipinski definition) is 4. The summed E-state index contributed by atoms with van der Waals surface area (Å²) in [6, 6.07) is 4.20. The number of aliphatic hydroxyl groups excluding tert-OH is 1. The fraction of sp³-hybridized carbons (Fsp3) is 0.647. The molecular formula is C17H27NO3. The first-order chi connectivity index (χ1) is 9.95. The van der Waals surface area contributed by atoms with Gasteiger partial charge in [-0.05, 0) is 46.2 Å². The SMILES string of the molecule is CCOc1cc2c(cc1CNC(C)(C)CCO)OC(C)C2. The van der Waals surface area contributed by atoms with Crippen LogP contribution in [0.4, 0.5) is 0 Å². The first kappa shape index (κ1) is 16.1. The van der Waals surface area contributed by atoms with Crippen molar-refractivity contribution >= 4 is 0 Å². The van der Waals surface area contributed by atoms with Gasteiger partial charge in [-0.15, -0.1) is 0 Å². The van der Waals surface area contributed by atoms with Crippen LogP contribution in [-0.2, 0) is 13.0 Å². The van der Waals surface area contributed by atoms with Crippen molar-refractivity contribution in [3.05, 3.63) is 23.3 Å². The fourth-order valence-electron chi connectivity index (χ4n) is 2.61. The molecule has 4 nitrogen and oxygen atoms in total. The normalized spacial score (nSPS) is 17.5. The van der Waals surface area contributed by atoms with E-state index in [1.54, 1.807) is 0 Å². The van der Waals surface area contributed by atoms with Gasteiger partial charge in [-0.25, -0.2) is 0 Å². The first-order valence-electron chi connectivity index (χ1n) is 7.76. The first-order valence-corrected chi connectivity index (χ1v) is 7.76. The van der Waals surface area contributed by atoms with Gasteiger partial charge in [-0.1, -0.05) is 0 Å². The standard InChI is InChI=1S/C17H27NO3/c1-5-20-15-9-13-8-12(2)21-16(13)10-14(15)11-18-17(3,4)6-7-19/h9-10,12,18-19H,5-8,11H2,1-4H3. The maximum atomic E-state index is 9.11. The highest BCUT2D eigenvalue weighted by atomic mass is 16.5. The van der Waals surface area contributed by atoms with Crippen molar-refractivity contribution in [2.24, 2.45) is 0 Å². The van der Waals surface area contributed by atoms with Crippen molar-refractivity contribution in [2.45, 2.75) is 58.7 Å². The molecule has 0 aromatic heterocycles. The van der Waals surface area contributed by atoms with E-state index < -0.39 is 0 Å². The second kappa shape index (κ2) is 6.67. The number of rotatable bonds is 7. The molecule has 0 amide bonds. The number of ether oxygens (including phenoxy) is 2. The molecule has 0 saturated carbocycles. The Morgan fingerprint density at radius 1 is 1.43 bits per heavy atom. The monoisotopic (exact) mass is 293 g/mol. The van der Waals surface area contributed by atoms with Crippen molar-refractivity contribution in [1.29, 1.82) is 0 Å². The summed E-state index contributed by atoms with van der Waals surface area (Å²) in [6.07, 6.45) is 1.90. The van der Waals surface area contributed by atoms with Gasteiger partial charge in [0, 0.05) is 36.2 Å². The van der Waals surface area contributed by atoms with Gasteiger partial charge in [0.15, 0.2) is 0 Å². The average Bonchev–Trinajstić information content (AvgIpc) is 2.75.